The fourth-order valence-electron chi connectivity index (χ4n) is 3.92. The largest absolute Gasteiger partial charge is 0.507 e. The SMILES string of the molecule is CC[C@@H]1CCCC[NH+]1Cc1cc2c(C)cc(=O)oc2c(C)c1O. The van der Waals surface area contributed by atoms with E-state index in [1.165, 1.54) is 31.7 Å². The first-order valence-corrected chi connectivity index (χ1v) is 8.61. The Kier molecular flexibility index (Phi) is 4.44. The van der Waals surface area contributed by atoms with Gasteiger partial charge in [-0.25, -0.2) is 4.79 Å². The predicted molar refractivity (Wildman–Crippen MR) is 91.1 cm³/mol. The topological polar surface area (TPSA) is 54.9 Å². The Labute approximate surface area is 136 Å². The van der Waals surface area contributed by atoms with Gasteiger partial charge in [0.1, 0.15) is 17.9 Å². The molecule has 0 bridgehead atoms. The Morgan fingerprint density at radius 1 is 1.30 bits per heavy atom. The molecule has 0 saturated carbocycles. The van der Waals surface area contributed by atoms with Crippen LogP contribution in [0.25, 0.3) is 11.0 Å². The van der Waals surface area contributed by atoms with Gasteiger partial charge in [0, 0.05) is 22.6 Å². The molecule has 1 aliphatic rings. The number of hydrogen-bond donors (Lipinski definition) is 2. The number of hydrogen-bond acceptors (Lipinski definition) is 3. The van der Waals surface area contributed by atoms with Crippen LogP contribution in [0.2, 0.25) is 0 Å². The molecule has 1 aromatic carbocycles. The summed E-state index contributed by atoms with van der Waals surface area (Å²) in [6.45, 7) is 7.99. The molecule has 0 aliphatic carbocycles. The van der Waals surface area contributed by atoms with Gasteiger partial charge in [-0.2, -0.15) is 0 Å². The van der Waals surface area contributed by atoms with Gasteiger partial charge in [-0.05, 0) is 51.2 Å². The van der Waals surface area contributed by atoms with Gasteiger partial charge >= 0.3 is 5.63 Å². The molecule has 3 rings (SSSR count). The van der Waals surface area contributed by atoms with Crippen molar-refractivity contribution in [3.63, 3.8) is 0 Å². The van der Waals surface area contributed by atoms with Gasteiger partial charge < -0.3 is 14.4 Å². The van der Waals surface area contributed by atoms with Crippen LogP contribution in [0.4, 0.5) is 0 Å². The molecule has 1 aliphatic heterocycles. The van der Waals surface area contributed by atoms with Gasteiger partial charge in [0.15, 0.2) is 0 Å². The Hall–Kier alpha value is -1.81. The molecule has 124 valence electrons. The predicted octanol–water partition coefficient (Wildman–Crippen LogP) is 2.46. The van der Waals surface area contributed by atoms with Crippen molar-refractivity contribution in [2.75, 3.05) is 6.54 Å². The van der Waals surface area contributed by atoms with Crippen molar-refractivity contribution in [2.24, 2.45) is 0 Å². The lowest BCUT2D eigenvalue weighted by Gasteiger charge is -2.32. The molecule has 1 saturated heterocycles. The second-order valence-electron chi connectivity index (χ2n) is 6.82. The number of piperidine rings is 1. The molecule has 4 nitrogen and oxygen atoms in total. The quantitative estimate of drug-likeness (QED) is 0.855. The van der Waals surface area contributed by atoms with E-state index in [9.17, 15) is 9.90 Å². The number of likely N-dealkylation sites (tertiary alicyclic amines) is 1. The highest BCUT2D eigenvalue weighted by Crippen LogP contribution is 2.31. The van der Waals surface area contributed by atoms with Crippen molar-refractivity contribution in [3.05, 3.63) is 39.2 Å². The molecule has 23 heavy (non-hydrogen) atoms. The summed E-state index contributed by atoms with van der Waals surface area (Å²) < 4.78 is 5.32. The van der Waals surface area contributed by atoms with Crippen LogP contribution in [0.3, 0.4) is 0 Å². The number of aromatic hydroxyl groups is 1. The summed E-state index contributed by atoms with van der Waals surface area (Å²) in [5.74, 6) is 0.277. The summed E-state index contributed by atoms with van der Waals surface area (Å²) in [7, 11) is 0. The number of benzene rings is 1. The molecule has 2 heterocycles. The molecular weight excluding hydrogens is 290 g/mol. The third-order valence-electron chi connectivity index (χ3n) is 5.31. The van der Waals surface area contributed by atoms with Crippen LogP contribution >= 0.6 is 0 Å². The van der Waals surface area contributed by atoms with Crippen molar-refractivity contribution < 1.29 is 14.4 Å². The number of quaternary nitrogens is 1. The number of aryl methyl sites for hydroxylation is 2. The first-order valence-electron chi connectivity index (χ1n) is 8.61. The maximum absolute atomic E-state index is 11.6. The third kappa shape index (κ3) is 3.00. The third-order valence-corrected chi connectivity index (χ3v) is 5.31. The van der Waals surface area contributed by atoms with Crippen LogP contribution in [-0.2, 0) is 6.54 Å². The summed E-state index contributed by atoms with van der Waals surface area (Å²) in [6.07, 6.45) is 5.02. The number of phenolic OH excluding ortho intramolecular Hbond substituents is 1. The number of rotatable bonds is 3. The highest BCUT2D eigenvalue weighted by Gasteiger charge is 2.26. The van der Waals surface area contributed by atoms with E-state index in [0.717, 1.165) is 29.6 Å². The van der Waals surface area contributed by atoms with E-state index >= 15 is 0 Å². The standard InChI is InChI=1S/C19H25NO3/c1-4-15-7-5-6-8-20(15)11-14-10-16-12(2)9-17(21)23-19(16)13(3)18(14)22/h9-10,15,22H,4-8,11H2,1-3H3/p+1/t15-/m1/s1. The average Bonchev–Trinajstić information content (AvgIpc) is 2.54. The van der Waals surface area contributed by atoms with Gasteiger partial charge in [-0.15, -0.1) is 0 Å². The summed E-state index contributed by atoms with van der Waals surface area (Å²) in [5.41, 5.74) is 2.68. The molecule has 0 spiro atoms. The fourth-order valence-corrected chi connectivity index (χ4v) is 3.92. The van der Waals surface area contributed by atoms with Gasteiger partial charge in [0.2, 0.25) is 0 Å². The highest BCUT2D eigenvalue weighted by atomic mass is 16.4. The van der Waals surface area contributed by atoms with Crippen molar-refractivity contribution in [3.8, 4) is 5.75 Å². The molecule has 0 radical (unpaired) electrons. The lowest BCUT2D eigenvalue weighted by molar-refractivity contribution is -0.944. The molecule has 2 atom stereocenters. The van der Waals surface area contributed by atoms with E-state index in [-0.39, 0.29) is 11.4 Å². The minimum absolute atomic E-state index is 0.277. The van der Waals surface area contributed by atoms with Crippen molar-refractivity contribution in [1.29, 1.82) is 0 Å². The monoisotopic (exact) mass is 316 g/mol. The molecule has 4 heteroatoms. The van der Waals surface area contributed by atoms with Gasteiger partial charge in [-0.3, -0.25) is 0 Å². The fraction of sp³-hybridized carbons (Fsp3) is 0.526. The summed E-state index contributed by atoms with van der Waals surface area (Å²) in [6, 6.07) is 4.20. The summed E-state index contributed by atoms with van der Waals surface area (Å²) in [5, 5.41) is 11.5. The van der Waals surface area contributed by atoms with Gasteiger partial charge in [0.05, 0.1) is 12.6 Å². The van der Waals surface area contributed by atoms with E-state index in [1.54, 1.807) is 4.90 Å². The second kappa shape index (κ2) is 6.36. The zero-order valence-electron chi connectivity index (χ0n) is 14.2. The van der Waals surface area contributed by atoms with Crippen molar-refractivity contribution in [1.82, 2.24) is 0 Å². The normalized spacial score (nSPS) is 21.7. The van der Waals surface area contributed by atoms with Crippen molar-refractivity contribution >= 4 is 11.0 Å². The van der Waals surface area contributed by atoms with E-state index in [4.69, 9.17) is 4.42 Å². The molecule has 2 aromatic rings. The smallest absolute Gasteiger partial charge is 0.336 e. The average molecular weight is 316 g/mol. The van der Waals surface area contributed by atoms with Crippen LogP contribution in [0.15, 0.2) is 21.3 Å². The van der Waals surface area contributed by atoms with Crippen LogP contribution < -0.4 is 10.5 Å². The Morgan fingerprint density at radius 3 is 2.83 bits per heavy atom. The summed E-state index contributed by atoms with van der Waals surface area (Å²) in [4.78, 5) is 13.2. The van der Waals surface area contributed by atoms with Crippen molar-refractivity contribution in [2.45, 2.75) is 59.0 Å². The zero-order valence-corrected chi connectivity index (χ0v) is 14.2. The Morgan fingerprint density at radius 2 is 2.09 bits per heavy atom. The lowest BCUT2D eigenvalue weighted by Crippen LogP contribution is -3.15. The minimum atomic E-state index is -0.363. The first kappa shape index (κ1) is 16.1. The molecule has 0 amide bonds. The Bertz CT molecular complexity index is 778. The number of phenols is 1. The van der Waals surface area contributed by atoms with E-state index in [2.05, 4.69) is 6.92 Å². The maximum Gasteiger partial charge on any atom is 0.336 e. The van der Waals surface area contributed by atoms with E-state index in [0.29, 0.717) is 17.2 Å². The molecule has 1 aromatic heterocycles. The maximum atomic E-state index is 11.6. The minimum Gasteiger partial charge on any atom is -0.507 e. The van der Waals surface area contributed by atoms with Crippen LogP contribution in [0.5, 0.6) is 5.75 Å². The van der Waals surface area contributed by atoms with Crippen LogP contribution in [0, 0.1) is 13.8 Å². The second-order valence-corrected chi connectivity index (χ2v) is 6.82. The van der Waals surface area contributed by atoms with Gasteiger partial charge in [-0.1, -0.05) is 6.92 Å². The first-order chi connectivity index (χ1) is 11.0. The van der Waals surface area contributed by atoms with Gasteiger partial charge in [0.25, 0.3) is 0 Å². The molecule has 1 fully saturated rings. The molecule has 1 unspecified atom stereocenters. The van der Waals surface area contributed by atoms with Crippen LogP contribution in [0.1, 0.15) is 49.3 Å². The molecular formula is C19H26NO3+. The highest BCUT2D eigenvalue weighted by molar-refractivity contribution is 5.85. The van der Waals surface area contributed by atoms with E-state index in [1.807, 2.05) is 19.9 Å². The zero-order chi connectivity index (χ0) is 16.6. The number of fused-ring (bicyclic) bond motifs is 1. The molecule has 2 N–H and O–H groups in total. The number of nitrogens with one attached hydrogen (secondary N) is 1. The van der Waals surface area contributed by atoms with E-state index < -0.39 is 0 Å². The summed E-state index contributed by atoms with van der Waals surface area (Å²) >= 11 is 0. The lowest BCUT2D eigenvalue weighted by atomic mass is 9.97. The van der Waals surface area contributed by atoms with Crippen LogP contribution in [-0.4, -0.2) is 17.7 Å². The Balaban J connectivity index is 2.04.